The van der Waals surface area contributed by atoms with Crippen molar-refractivity contribution in [3.8, 4) is 11.3 Å². The third kappa shape index (κ3) is 3.76. The molecule has 1 amide bonds. The number of hydrogen-bond donors (Lipinski definition) is 1. The molecule has 0 radical (unpaired) electrons. The van der Waals surface area contributed by atoms with Crippen LogP contribution in [-0.2, 0) is 11.3 Å². The number of benzene rings is 1. The third-order valence-corrected chi connectivity index (χ3v) is 5.94. The lowest BCUT2D eigenvalue weighted by molar-refractivity contribution is -0.135. The second-order valence-electron chi connectivity index (χ2n) is 7.65. The van der Waals surface area contributed by atoms with Crippen molar-refractivity contribution in [3.63, 3.8) is 0 Å². The minimum atomic E-state index is -0.353. The second kappa shape index (κ2) is 7.80. The van der Waals surface area contributed by atoms with E-state index in [0.29, 0.717) is 18.0 Å². The quantitative estimate of drug-likeness (QED) is 0.866. The Hall–Kier alpha value is -2.21. The zero-order valence-corrected chi connectivity index (χ0v) is 15.5. The first-order chi connectivity index (χ1) is 13.2. The van der Waals surface area contributed by atoms with Gasteiger partial charge in [-0.3, -0.25) is 9.69 Å². The van der Waals surface area contributed by atoms with E-state index in [1.807, 2.05) is 0 Å². The van der Waals surface area contributed by atoms with Crippen LogP contribution in [0.1, 0.15) is 50.7 Å². The van der Waals surface area contributed by atoms with Crippen LogP contribution in [0, 0.1) is 5.82 Å². The molecule has 1 aromatic carbocycles. The molecule has 1 saturated heterocycles. The van der Waals surface area contributed by atoms with Gasteiger partial charge in [0.2, 0.25) is 5.91 Å². The number of carbonyl (C=O) groups excluding carboxylic acids is 1. The van der Waals surface area contributed by atoms with Gasteiger partial charge in [0.05, 0.1) is 6.54 Å². The lowest BCUT2D eigenvalue weighted by Crippen LogP contribution is -2.58. The molecule has 5 nitrogen and oxygen atoms in total. The summed E-state index contributed by atoms with van der Waals surface area (Å²) >= 11 is 0. The molecule has 2 fully saturated rings. The molecular weight excluding hydrogens is 345 g/mol. The average Bonchev–Trinajstić information content (AvgIpc) is 3.40. The van der Waals surface area contributed by atoms with Crippen LogP contribution in [0.4, 0.5) is 4.39 Å². The van der Waals surface area contributed by atoms with Crippen molar-refractivity contribution in [2.45, 2.75) is 57.0 Å². The van der Waals surface area contributed by atoms with Crippen LogP contribution in [-0.4, -0.2) is 34.6 Å². The molecule has 1 aliphatic heterocycles. The van der Waals surface area contributed by atoms with Gasteiger partial charge in [-0.2, -0.15) is 0 Å². The first-order valence-electron chi connectivity index (χ1n) is 9.92. The standard InChI is InChI=1S/C21H26FN3O2/c22-17-8-6-16(7-9-17)19-14-18(27-24-19)15-23-20(26)21(10-2-1-3-11-21)25-12-4-5-13-25/h6-9,14H,1-5,10-13,15H2,(H,23,26). The van der Waals surface area contributed by atoms with Gasteiger partial charge in [-0.15, -0.1) is 0 Å². The highest BCUT2D eigenvalue weighted by molar-refractivity contribution is 5.86. The Bertz CT molecular complexity index is 775. The number of likely N-dealkylation sites (tertiary alicyclic amines) is 1. The Morgan fingerprint density at radius 2 is 1.81 bits per heavy atom. The van der Waals surface area contributed by atoms with E-state index in [0.717, 1.165) is 44.3 Å². The molecule has 1 N–H and O–H groups in total. The number of rotatable bonds is 5. The number of nitrogens with one attached hydrogen (secondary N) is 1. The maximum absolute atomic E-state index is 13.1. The molecule has 1 saturated carbocycles. The lowest BCUT2D eigenvalue weighted by atomic mass is 9.79. The fraction of sp³-hybridized carbons (Fsp3) is 0.524. The molecule has 0 spiro atoms. The predicted molar refractivity (Wildman–Crippen MR) is 100 cm³/mol. The monoisotopic (exact) mass is 371 g/mol. The maximum atomic E-state index is 13.1. The number of amides is 1. The van der Waals surface area contributed by atoms with Gasteiger partial charge in [-0.1, -0.05) is 24.4 Å². The molecule has 0 atom stereocenters. The van der Waals surface area contributed by atoms with Crippen molar-refractivity contribution in [3.05, 3.63) is 41.9 Å². The number of nitrogens with zero attached hydrogens (tertiary/aromatic N) is 2. The van der Waals surface area contributed by atoms with Gasteiger partial charge in [-0.05, 0) is 63.0 Å². The van der Waals surface area contributed by atoms with Crippen LogP contribution in [0.15, 0.2) is 34.9 Å². The zero-order chi connectivity index (χ0) is 18.7. The van der Waals surface area contributed by atoms with E-state index in [9.17, 15) is 9.18 Å². The van der Waals surface area contributed by atoms with Crippen LogP contribution < -0.4 is 5.32 Å². The minimum Gasteiger partial charge on any atom is -0.359 e. The predicted octanol–water partition coefficient (Wildman–Crippen LogP) is 3.90. The summed E-state index contributed by atoms with van der Waals surface area (Å²) in [6, 6.07) is 7.93. The van der Waals surface area contributed by atoms with E-state index in [1.165, 1.54) is 31.4 Å². The van der Waals surface area contributed by atoms with E-state index in [2.05, 4.69) is 15.4 Å². The molecule has 144 valence electrons. The van der Waals surface area contributed by atoms with Crippen LogP contribution in [0.25, 0.3) is 11.3 Å². The summed E-state index contributed by atoms with van der Waals surface area (Å²) in [5.74, 6) is 0.438. The Morgan fingerprint density at radius 1 is 1.11 bits per heavy atom. The van der Waals surface area contributed by atoms with E-state index in [4.69, 9.17) is 4.52 Å². The van der Waals surface area contributed by atoms with Crippen LogP contribution >= 0.6 is 0 Å². The molecule has 27 heavy (non-hydrogen) atoms. The van der Waals surface area contributed by atoms with Crippen LogP contribution in [0.5, 0.6) is 0 Å². The molecule has 4 rings (SSSR count). The molecule has 2 heterocycles. The van der Waals surface area contributed by atoms with Gasteiger partial charge in [0, 0.05) is 11.6 Å². The number of hydrogen-bond acceptors (Lipinski definition) is 4. The summed E-state index contributed by atoms with van der Waals surface area (Å²) in [6.07, 6.45) is 7.68. The summed E-state index contributed by atoms with van der Waals surface area (Å²) < 4.78 is 18.4. The highest BCUT2D eigenvalue weighted by Gasteiger charge is 2.45. The molecule has 2 aromatic rings. The number of aromatic nitrogens is 1. The summed E-state index contributed by atoms with van der Waals surface area (Å²) in [7, 11) is 0. The van der Waals surface area contributed by atoms with Crippen LogP contribution in [0.3, 0.4) is 0 Å². The fourth-order valence-corrected chi connectivity index (χ4v) is 4.45. The first kappa shape index (κ1) is 18.2. The Morgan fingerprint density at radius 3 is 2.52 bits per heavy atom. The van der Waals surface area contributed by atoms with Gasteiger partial charge in [0.15, 0.2) is 5.76 Å². The molecule has 1 aromatic heterocycles. The highest BCUT2D eigenvalue weighted by Crippen LogP contribution is 2.36. The van der Waals surface area contributed by atoms with Gasteiger partial charge < -0.3 is 9.84 Å². The molecule has 0 bridgehead atoms. The SMILES string of the molecule is O=C(NCc1cc(-c2ccc(F)cc2)no1)C1(N2CCCC2)CCCCC1. The van der Waals surface area contributed by atoms with E-state index >= 15 is 0 Å². The van der Waals surface area contributed by atoms with E-state index in [1.54, 1.807) is 18.2 Å². The summed E-state index contributed by atoms with van der Waals surface area (Å²) in [4.78, 5) is 15.5. The number of carbonyl (C=O) groups is 1. The molecule has 1 aliphatic carbocycles. The normalized spacial score (nSPS) is 19.9. The molecular formula is C21H26FN3O2. The third-order valence-electron chi connectivity index (χ3n) is 5.94. The second-order valence-corrected chi connectivity index (χ2v) is 7.65. The topological polar surface area (TPSA) is 58.4 Å². The average molecular weight is 371 g/mol. The summed E-state index contributed by atoms with van der Waals surface area (Å²) in [5, 5.41) is 7.13. The van der Waals surface area contributed by atoms with Crippen molar-refractivity contribution in [1.82, 2.24) is 15.4 Å². The van der Waals surface area contributed by atoms with Gasteiger partial charge >= 0.3 is 0 Å². The van der Waals surface area contributed by atoms with E-state index < -0.39 is 0 Å². The van der Waals surface area contributed by atoms with Crippen molar-refractivity contribution in [2.75, 3.05) is 13.1 Å². The highest BCUT2D eigenvalue weighted by atomic mass is 19.1. The van der Waals surface area contributed by atoms with Crippen LogP contribution in [0.2, 0.25) is 0 Å². The minimum absolute atomic E-state index is 0.115. The Labute approximate surface area is 158 Å². The zero-order valence-electron chi connectivity index (χ0n) is 15.5. The fourth-order valence-electron chi connectivity index (χ4n) is 4.45. The summed E-state index contributed by atoms with van der Waals surface area (Å²) in [5.41, 5.74) is 1.08. The summed E-state index contributed by atoms with van der Waals surface area (Å²) in [6.45, 7) is 2.36. The van der Waals surface area contributed by atoms with Crippen molar-refractivity contribution in [2.24, 2.45) is 0 Å². The van der Waals surface area contributed by atoms with Gasteiger partial charge in [0.1, 0.15) is 17.1 Å². The van der Waals surface area contributed by atoms with Crippen molar-refractivity contribution < 1.29 is 13.7 Å². The largest absolute Gasteiger partial charge is 0.359 e. The number of halogens is 1. The first-order valence-corrected chi connectivity index (χ1v) is 9.92. The van der Waals surface area contributed by atoms with E-state index in [-0.39, 0.29) is 17.3 Å². The van der Waals surface area contributed by atoms with Gasteiger partial charge in [-0.25, -0.2) is 4.39 Å². The van der Waals surface area contributed by atoms with Gasteiger partial charge in [0.25, 0.3) is 0 Å². The Balaban J connectivity index is 1.43. The molecule has 2 aliphatic rings. The molecule has 0 unspecified atom stereocenters. The smallest absolute Gasteiger partial charge is 0.240 e. The maximum Gasteiger partial charge on any atom is 0.240 e. The van der Waals surface area contributed by atoms with Crippen molar-refractivity contribution in [1.29, 1.82) is 0 Å². The molecule has 6 heteroatoms. The lowest BCUT2D eigenvalue weighted by Gasteiger charge is -2.43. The van der Waals surface area contributed by atoms with Crippen molar-refractivity contribution >= 4 is 5.91 Å². The Kier molecular flexibility index (Phi) is 5.25.